The minimum Gasteiger partial charge on any atom is -0.463 e. The average Bonchev–Trinajstić information content (AvgIpc) is 3.44. The van der Waals surface area contributed by atoms with Crippen molar-refractivity contribution in [2.24, 2.45) is 4.99 Å². The van der Waals surface area contributed by atoms with Gasteiger partial charge < -0.3 is 9.15 Å². The average molecular weight is 551 g/mol. The van der Waals surface area contributed by atoms with E-state index in [1.807, 2.05) is 67.6 Å². The Morgan fingerprint density at radius 3 is 2.57 bits per heavy atom. The van der Waals surface area contributed by atoms with Crippen LogP contribution in [0.25, 0.3) is 6.08 Å². The number of ether oxygens (including phenoxy) is 1. The number of thiazole rings is 1. The van der Waals surface area contributed by atoms with Crippen LogP contribution >= 0.6 is 34.7 Å². The number of esters is 1. The standard InChI is InChI=1S/C28H23ClN2O4S2/c1-4-34-27(33)24-17(3)30-28-31(25(24)18-7-5-16(2)6-8-18)26(32)22(37-28)15-20-11-14-23(35-20)36-21-12-9-19(29)10-13-21/h5-15,25H,4H2,1-3H3/b22-15+/t25-/m0/s1. The number of benzene rings is 2. The molecule has 1 atom stereocenters. The van der Waals surface area contributed by atoms with Crippen LogP contribution in [-0.4, -0.2) is 17.1 Å². The molecule has 0 amide bonds. The second kappa shape index (κ2) is 10.6. The highest BCUT2D eigenvalue weighted by molar-refractivity contribution is 7.99. The maximum absolute atomic E-state index is 13.7. The molecule has 9 heteroatoms. The third kappa shape index (κ3) is 5.23. The number of nitrogens with zero attached hydrogens (tertiary/aromatic N) is 2. The quantitative estimate of drug-likeness (QED) is 0.296. The third-order valence-corrected chi connectivity index (χ3v) is 7.98. The van der Waals surface area contributed by atoms with Gasteiger partial charge in [-0.1, -0.05) is 64.5 Å². The Kier molecular flexibility index (Phi) is 7.24. The molecule has 0 spiro atoms. The summed E-state index contributed by atoms with van der Waals surface area (Å²) in [5.74, 6) is 0.0773. The number of carbonyl (C=O) groups excluding carboxylic acids is 1. The Morgan fingerprint density at radius 2 is 1.86 bits per heavy atom. The molecule has 0 bridgehead atoms. The van der Waals surface area contributed by atoms with Crippen LogP contribution in [0.15, 0.2) is 96.1 Å². The van der Waals surface area contributed by atoms with Crippen molar-refractivity contribution in [3.05, 3.63) is 114 Å². The summed E-state index contributed by atoms with van der Waals surface area (Å²) in [6, 6.07) is 18.3. The number of fused-ring (bicyclic) bond motifs is 1. The third-order valence-electron chi connectivity index (χ3n) is 5.82. The second-order valence-corrected chi connectivity index (χ2v) is 10.9. The minimum atomic E-state index is -0.634. The van der Waals surface area contributed by atoms with Gasteiger partial charge in [0.15, 0.2) is 9.89 Å². The summed E-state index contributed by atoms with van der Waals surface area (Å²) in [7, 11) is 0. The fraction of sp³-hybridized carbons (Fsp3) is 0.179. The first-order chi connectivity index (χ1) is 17.8. The van der Waals surface area contributed by atoms with E-state index in [9.17, 15) is 9.59 Å². The number of carbonyl (C=O) groups is 1. The van der Waals surface area contributed by atoms with E-state index >= 15 is 0 Å². The Morgan fingerprint density at radius 1 is 1.14 bits per heavy atom. The molecule has 2 aromatic carbocycles. The Hall–Kier alpha value is -3.33. The van der Waals surface area contributed by atoms with E-state index in [2.05, 4.69) is 4.99 Å². The molecule has 4 aromatic rings. The molecule has 0 saturated heterocycles. The normalized spacial score (nSPS) is 15.5. The molecule has 0 N–H and O–H groups in total. The lowest BCUT2D eigenvalue weighted by Crippen LogP contribution is -2.39. The van der Waals surface area contributed by atoms with Crippen molar-refractivity contribution >= 4 is 46.7 Å². The molecule has 5 rings (SSSR count). The SMILES string of the molecule is CCOC(=O)C1=C(C)N=c2s/c(=C/c3ccc(Sc4ccc(Cl)cc4)o3)c(=O)n2[C@H]1c1ccc(C)cc1. The minimum absolute atomic E-state index is 0.232. The van der Waals surface area contributed by atoms with E-state index in [1.165, 1.54) is 23.1 Å². The van der Waals surface area contributed by atoms with Gasteiger partial charge in [0.1, 0.15) is 5.76 Å². The van der Waals surface area contributed by atoms with Gasteiger partial charge in [-0.15, -0.1) is 0 Å². The summed E-state index contributed by atoms with van der Waals surface area (Å²) in [5, 5.41) is 1.37. The van der Waals surface area contributed by atoms with E-state index < -0.39 is 12.0 Å². The molecular formula is C28H23ClN2O4S2. The molecule has 37 heavy (non-hydrogen) atoms. The molecule has 0 fully saturated rings. The summed E-state index contributed by atoms with van der Waals surface area (Å²) >= 11 is 8.70. The molecule has 0 aliphatic carbocycles. The van der Waals surface area contributed by atoms with Crippen molar-refractivity contribution < 1.29 is 13.9 Å². The predicted octanol–water partition coefficient (Wildman–Crippen LogP) is 5.50. The Bertz CT molecular complexity index is 1680. The topological polar surface area (TPSA) is 73.8 Å². The number of furan rings is 1. The molecule has 0 unspecified atom stereocenters. The number of aryl methyl sites for hydroxylation is 1. The van der Waals surface area contributed by atoms with Crippen LogP contribution in [0.2, 0.25) is 5.02 Å². The van der Waals surface area contributed by atoms with Crippen molar-refractivity contribution in [2.45, 2.75) is 36.8 Å². The van der Waals surface area contributed by atoms with Crippen LogP contribution in [-0.2, 0) is 9.53 Å². The van der Waals surface area contributed by atoms with Crippen molar-refractivity contribution in [1.29, 1.82) is 0 Å². The molecule has 3 heterocycles. The van der Waals surface area contributed by atoms with Crippen LogP contribution < -0.4 is 14.9 Å². The van der Waals surface area contributed by atoms with Crippen LogP contribution in [0.1, 0.15) is 36.8 Å². The van der Waals surface area contributed by atoms with Gasteiger partial charge in [0, 0.05) is 16.0 Å². The number of rotatable bonds is 6. The van der Waals surface area contributed by atoms with Gasteiger partial charge in [-0.3, -0.25) is 9.36 Å². The monoisotopic (exact) mass is 550 g/mol. The van der Waals surface area contributed by atoms with Gasteiger partial charge in [0.2, 0.25) is 0 Å². The number of hydrogen-bond acceptors (Lipinski definition) is 7. The van der Waals surface area contributed by atoms with Gasteiger partial charge in [0.25, 0.3) is 5.56 Å². The Balaban J connectivity index is 1.57. The van der Waals surface area contributed by atoms with Crippen LogP contribution in [0.4, 0.5) is 0 Å². The summed E-state index contributed by atoms with van der Waals surface area (Å²) in [4.78, 5) is 32.8. The molecule has 0 radical (unpaired) electrons. The first-order valence-corrected chi connectivity index (χ1v) is 13.6. The molecule has 1 aliphatic rings. The van der Waals surface area contributed by atoms with Gasteiger partial charge in [-0.05, 0) is 62.7 Å². The molecule has 2 aromatic heterocycles. The summed E-state index contributed by atoms with van der Waals surface area (Å²) in [5.41, 5.74) is 2.56. The largest absolute Gasteiger partial charge is 0.463 e. The summed E-state index contributed by atoms with van der Waals surface area (Å²) in [6.07, 6.45) is 1.71. The van der Waals surface area contributed by atoms with Crippen LogP contribution in [0.3, 0.4) is 0 Å². The van der Waals surface area contributed by atoms with E-state index in [1.54, 1.807) is 24.5 Å². The molecular weight excluding hydrogens is 528 g/mol. The fourth-order valence-corrected chi connectivity index (χ4v) is 6.00. The van der Waals surface area contributed by atoms with E-state index in [4.69, 9.17) is 20.8 Å². The van der Waals surface area contributed by atoms with Gasteiger partial charge >= 0.3 is 5.97 Å². The highest BCUT2D eigenvalue weighted by Crippen LogP contribution is 2.32. The van der Waals surface area contributed by atoms with E-state index in [0.717, 1.165) is 16.0 Å². The van der Waals surface area contributed by atoms with Crippen molar-refractivity contribution in [2.75, 3.05) is 6.61 Å². The van der Waals surface area contributed by atoms with Crippen molar-refractivity contribution in [1.82, 2.24) is 4.57 Å². The number of aromatic nitrogens is 1. The highest BCUT2D eigenvalue weighted by Gasteiger charge is 2.33. The van der Waals surface area contributed by atoms with Crippen molar-refractivity contribution in [3.8, 4) is 0 Å². The maximum Gasteiger partial charge on any atom is 0.338 e. The fourth-order valence-electron chi connectivity index (χ4n) is 4.07. The summed E-state index contributed by atoms with van der Waals surface area (Å²) < 4.78 is 13.3. The number of allylic oxidation sites excluding steroid dienone is 1. The number of halogens is 1. The smallest absolute Gasteiger partial charge is 0.338 e. The highest BCUT2D eigenvalue weighted by atomic mass is 35.5. The summed E-state index contributed by atoms with van der Waals surface area (Å²) in [6.45, 7) is 5.75. The molecule has 188 valence electrons. The lowest BCUT2D eigenvalue weighted by molar-refractivity contribution is -0.139. The zero-order valence-electron chi connectivity index (χ0n) is 20.4. The maximum atomic E-state index is 13.7. The lowest BCUT2D eigenvalue weighted by Gasteiger charge is -2.24. The zero-order chi connectivity index (χ0) is 26.1. The van der Waals surface area contributed by atoms with Gasteiger partial charge in [-0.2, -0.15) is 0 Å². The van der Waals surface area contributed by atoms with E-state index in [0.29, 0.717) is 36.5 Å². The second-order valence-electron chi connectivity index (χ2n) is 8.43. The molecule has 1 aliphatic heterocycles. The molecule has 0 saturated carbocycles. The first-order valence-electron chi connectivity index (χ1n) is 11.6. The van der Waals surface area contributed by atoms with Crippen molar-refractivity contribution in [3.63, 3.8) is 0 Å². The Labute approximate surface area is 226 Å². The zero-order valence-corrected chi connectivity index (χ0v) is 22.7. The van der Waals surface area contributed by atoms with Gasteiger partial charge in [0.05, 0.1) is 28.5 Å². The lowest BCUT2D eigenvalue weighted by atomic mass is 9.95. The van der Waals surface area contributed by atoms with Crippen LogP contribution in [0, 0.1) is 6.92 Å². The number of hydrogen-bond donors (Lipinski definition) is 0. The molecule has 6 nitrogen and oxygen atoms in total. The predicted molar refractivity (Wildman–Crippen MR) is 146 cm³/mol. The van der Waals surface area contributed by atoms with Gasteiger partial charge in [-0.25, -0.2) is 9.79 Å². The first kappa shape index (κ1) is 25.3. The van der Waals surface area contributed by atoms with E-state index in [-0.39, 0.29) is 12.2 Å². The van der Waals surface area contributed by atoms with Crippen LogP contribution in [0.5, 0.6) is 0 Å².